The summed E-state index contributed by atoms with van der Waals surface area (Å²) in [5.41, 5.74) is 0. The zero-order valence-corrected chi connectivity index (χ0v) is 9.55. The van der Waals surface area contributed by atoms with E-state index in [1.54, 1.807) is 0 Å². The number of nitrogens with one attached hydrogen (secondary N) is 1. The van der Waals surface area contributed by atoms with Gasteiger partial charge in [0.2, 0.25) is 5.91 Å². The van der Waals surface area contributed by atoms with Crippen molar-refractivity contribution in [2.75, 3.05) is 19.8 Å². The highest BCUT2D eigenvalue weighted by molar-refractivity contribution is 5.80. The summed E-state index contributed by atoms with van der Waals surface area (Å²) in [6, 6.07) is 0. The molecule has 0 radical (unpaired) electrons. The lowest BCUT2D eigenvalue weighted by atomic mass is 10.2. The van der Waals surface area contributed by atoms with E-state index in [-0.39, 0.29) is 6.10 Å². The molecule has 100 valence electrons. The van der Waals surface area contributed by atoms with Crippen molar-refractivity contribution in [2.24, 2.45) is 0 Å². The number of ether oxygens (including phenoxy) is 2. The Hall–Kier alpha value is -0.820. The summed E-state index contributed by atoms with van der Waals surface area (Å²) < 4.78 is 45.2. The first-order valence-corrected chi connectivity index (χ1v) is 5.46. The lowest BCUT2D eigenvalue weighted by molar-refractivity contribution is -0.185. The quantitative estimate of drug-likeness (QED) is 0.804. The van der Waals surface area contributed by atoms with E-state index in [9.17, 15) is 18.0 Å². The molecule has 1 amide bonds. The Morgan fingerprint density at radius 3 is 2.82 bits per heavy atom. The van der Waals surface area contributed by atoms with Crippen LogP contribution < -0.4 is 5.32 Å². The van der Waals surface area contributed by atoms with Crippen molar-refractivity contribution < 1.29 is 27.4 Å². The second kappa shape index (κ2) is 6.20. The molecule has 2 atom stereocenters. The van der Waals surface area contributed by atoms with Gasteiger partial charge in [-0.3, -0.25) is 4.79 Å². The zero-order valence-electron chi connectivity index (χ0n) is 9.55. The minimum absolute atomic E-state index is 0.0335. The van der Waals surface area contributed by atoms with Crippen LogP contribution in [-0.4, -0.2) is 44.0 Å². The van der Waals surface area contributed by atoms with Gasteiger partial charge in [0, 0.05) is 13.2 Å². The van der Waals surface area contributed by atoms with Crippen LogP contribution in [0.1, 0.15) is 19.8 Å². The Balaban J connectivity index is 2.17. The second-order valence-electron chi connectivity index (χ2n) is 3.95. The van der Waals surface area contributed by atoms with Crippen LogP contribution >= 0.6 is 0 Å². The molecule has 0 aromatic rings. The van der Waals surface area contributed by atoms with Crippen LogP contribution in [0.25, 0.3) is 0 Å². The molecule has 0 unspecified atom stereocenters. The molecule has 4 nitrogen and oxygen atoms in total. The number of carbonyl (C=O) groups is 1. The number of hydrogen-bond donors (Lipinski definition) is 1. The van der Waals surface area contributed by atoms with E-state index in [0.29, 0.717) is 13.2 Å². The largest absolute Gasteiger partial charge is 0.411 e. The van der Waals surface area contributed by atoms with Crippen LogP contribution in [0.2, 0.25) is 0 Å². The third-order valence-electron chi connectivity index (χ3n) is 2.39. The maximum atomic E-state index is 11.8. The molecule has 7 heteroatoms. The SMILES string of the molecule is C[C@H](OCC(F)(F)F)C(=O)NC[C@H]1CCCO1. The van der Waals surface area contributed by atoms with Crippen LogP contribution in [0, 0.1) is 0 Å². The predicted octanol–water partition coefficient (Wildman–Crippen LogP) is 1.25. The van der Waals surface area contributed by atoms with Gasteiger partial charge in [0.05, 0.1) is 6.10 Å². The zero-order chi connectivity index (χ0) is 12.9. The lowest BCUT2D eigenvalue weighted by Crippen LogP contribution is -2.40. The highest BCUT2D eigenvalue weighted by Crippen LogP contribution is 2.15. The molecule has 0 bridgehead atoms. The van der Waals surface area contributed by atoms with E-state index in [0.717, 1.165) is 12.8 Å². The normalized spacial score (nSPS) is 22.5. The lowest BCUT2D eigenvalue weighted by Gasteiger charge is -2.16. The Kier molecular flexibility index (Phi) is 5.20. The Bertz CT molecular complexity index is 252. The van der Waals surface area contributed by atoms with Gasteiger partial charge in [0.25, 0.3) is 0 Å². The van der Waals surface area contributed by atoms with Gasteiger partial charge in [0.1, 0.15) is 12.7 Å². The average molecular weight is 255 g/mol. The fraction of sp³-hybridized carbons (Fsp3) is 0.900. The summed E-state index contributed by atoms with van der Waals surface area (Å²) in [6.45, 7) is 0.858. The molecule has 0 spiro atoms. The van der Waals surface area contributed by atoms with Gasteiger partial charge in [-0.2, -0.15) is 13.2 Å². The summed E-state index contributed by atoms with van der Waals surface area (Å²) in [6.07, 6.45) is -3.76. The molecule has 0 saturated carbocycles. The molecule has 1 aliphatic heterocycles. The molecule has 0 aromatic heterocycles. The molecule has 0 aliphatic carbocycles. The first-order valence-electron chi connectivity index (χ1n) is 5.46. The van der Waals surface area contributed by atoms with Gasteiger partial charge in [-0.1, -0.05) is 0 Å². The van der Waals surface area contributed by atoms with Crippen LogP contribution in [0.15, 0.2) is 0 Å². The van der Waals surface area contributed by atoms with Crippen LogP contribution in [0.4, 0.5) is 13.2 Å². The molecule has 0 aromatic carbocycles. The molecular weight excluding hydrogens is 239 g/mol. The summed E-state index contributed by atoms with van der Waals surface area (Å²) in [7, 11) is 0. The van der Waals surface area contributed by atoms with Crippen LogP contribution in [0.3, 0.4) is 0 Å². The molecule has 1 rings (SSSR count). The fourth-order valence-electron chi connectivity index (χ4n) is 1.46. The molecule has 1 fully saturated rings. The minimum Gasteiger partial charge on any atom is -0.376 e. The van der Waals surface area contributed by atoms with E-state index in [2.05, 4.69) is 10.1 Å². The average Bonchev–Trinajstić information content (AvgIpc) is 2.74. The van der Waals surface area contributed by atoms with Crippen molar-refractivity contribution in [2.45, 2.75) is 38.1 Å². The minimum atomic E-state index is -4.41. The molecular formula is C10H16F3NO3. The van der Waals surface area contributed by atoms with Gasteiger partial charge in [-0.15, -0.1) is 0 Å². The van der Waals surface area contributed by atoms with E-state index in [1.807, 2.05) is 0 Å². The monoisotopic (exact) mass is 255 g/mol. The first-order chi connectivity index (χ1) is 7.88. The summed E-state index contributed by atoms with van der Waals surface area (Å²) in [5, 5.41) is 2.50. The number of alkyl halides is 3. The van der Waals surface area contributed by atoms with Crippen molar-refractivity contribution in [1.29, 1.82) is 0 Å². The highest BCUT2D eigenvalue weighted by atomic mass is 19.4. The third kappa shape index (κ3) is 5.88. The van der Waals surface area contributed by atoms with Crippen molar-refractivity contribution >= 4 is 5.91 Å². The molecule has 17 heavy (non-hydrogen) atoms. The van der Waals surface area contributed by atoms with Crippen molar-refractivity contribution in [3.8, 4) is 0 Å². The number of carbonyl (C=O) groups excluding carboxylic acids is 1. The number of hydrogen-bond acceptors (Lipinski definition) is 3. The van der Waals surface area contributed by atoms with E-state index >= 15 is 0 Å². The van der Waals surface area contributed by atoms with E-state index in [4.69, 9.17) is 4.74 Å². The molecule has 1 saturated heterocycles. The van der Waals surface area contributed by atoms with Crippen molar-refractivity contribution in [1.82, 2.24) is 5.32 Å². The topological polar surface area (TPSA) is 47.6 Å². The Morgan fingerprint density at radius 2 is 2.29 bits per heavy atom. The van der Waals surface area contributed by atoms with Crippen LogP contribution in [-0.2, 0) is 14.3 Å². The summed E-state index contributed by atoms with van der Waals surface area (Å²) >= 11 is 0. The first kappa shape index (κ1) is 14.2. The standard InChI is InChI=1S/C10H16F3NO3/c1-7(17-6-10(11,12)13)9(15)14-5-8-3-2-4-16-8/h7-8H,2-6H2,1H3,(H,14,15)/t7-,8+/m0/s1. The second-order valence-corrected chi connectivity index (χ2v) is 3.95. The molecule has 1 N–H and O–H groups in total. The van der Waals surface area contributed by atoms with Gasteiger partial charge in [0.15, 0.2) is 0 Å². The third-order valence-corrected chi connectivity index (χ3v) is 2.39. The Morgan fingerprint density at radius 1 is 1.59 bits per heavy atom. The van der Waals surface area contributed by atoms with E-state index in [1.165, 1.54) is 6.92 Å². The predicted molar refractivity (Wildman–Crippen MR) is 53.5 cm³/mol. The van der Waals surface area contributed by atoms with E-state index < -0.39 is 24.8 Å². The van der Waals surface area contributed by atoms with Crippen molar-refractivity contribution in [3.05, 3.63) is 0 Å². The smallest absolute Gasteiger partial charge is 0.376 e. The number of halogens is 3. The van der Waals surface area contributed by atoms with Gasteiger partial charge in [-0.05, 0) is 19.8 Å². The highest BCUT2D eigenvalue weighted by Gasteiger charge is 2.30. The summed E-state index contributed by atoms with van der Waals surface area (Å²) in [4.78, 5) is 11.4. The molecule has 1 heterocycles. The maximum absolute atomic E-state index is 11.8. The maximum Gasteiger partial charge on any atom is 0.411 e. The Labute approximate surface area is 97.5 Å². The number of rotatable bonds is 5. The fourth-order valence-corrected chi connectivity index (χ4v) is 1.46. The van der Waals surface area contributed by atoms with Crippen molar-refractivity contribution in [3.63, 3.8) is 0 Å². The van der Waals surface area contributed by atoms with Gasteiger partial charge in [-0.25, -0.2) is 0 Å². The van der Waals surface area contributed by atoms with Crippen LogP contribution in [0.5, 0.6) is 0 Å². The summed E-state index contributed by atoms with van der Waals surface area (Å²) in [5.74, 6) is -0.551. The number of amides is 1. The van der Waals surface area contributed by atoms with Gasteiger partial charge >= 0.3 is 6.18 Å². The van der Waals surface area contributed by atoms with Gasteiger partial charge < -0.3 is 14.8 Å². The molecule has 1 aliphatic rings.